The van der Waals surface area contributed by atoms with Crippen LogP contribution in [-0.4, -0.2) is 33.3 Å². The number of nitrogens with zero attached hydrogens (tertiary/aromatic N) is 3. The van der Waals surface area contributed by atoms with Crippen molar-refractivity contribution in [2.45, 2.75) is 38.0 Å². The number of rotatable bonds is 6. The number of alkyl halides is 2. The molecule has 3 aromatic rings. The third-order valence-corrected chi connectivity index (χ3v) is 6.08. The molecule has 1 fully saturated rings. The number of anilines is 1. The number of nitrogen functional groups attached to an aromatic ring is 1. The Labute approximate surface area is 192 Å². The second kappa shape index (κ2) is 8.80. The Balaban J connectivity index is 1.55. The topological polar surface area (TPSA) is 78.0 Å². The zero-order chi connectivity index (χ0) is 23.0. The highest BCUT2D eigenvalue weighted by atomic mass is 35.5. The number of hydrogen-bond donors (Lipinski definition) is 2. The molecule has 1 saturated heterocycles. The summed E-state index contributed by atoms with van der Waals surface area (Å²) in [5, 5.41) is 7.11. The van der Waals surface area contributed by atoms with E-state index in [-0.39, 0.29) is 46.7 Å². The van der Waals surface area contributed by atoms with Gasteiger partial charge in [0, 0.05) is 47.1 Å². The maximum Gasteiger partial charge on any atom is 0.266 e. The van der Waals surface area contributed by atoms with Crippen molar-refractivity contribution in [2.24, 2.45) is 0 Å². The number of hydrogen-bond acceptors (Lipinski definition) is 5. The van der Waals surface area contributed by atoms with Crippen LogP contribution in [0.4, 0.5) is 19.0 Å². The minimum atomic E-state index is -2.77. The van der Waals surface area contributed by atoms with Gasteiger partial charge in [0.25, 0.3) is 5.92 Å². The molecule has 0 amide bonds. The minimum absolute atomic E-state index is 0.0341. The van der Waals surface area contributed by atoms with E-state index in [9.17, 15) is 13.2 Å². The molecule has 1 aliphatic rings. The number of pyridine rings is 1. The number of nitrogens with one attached hydrogen (secondary N) is 1. The van der Waals surface area contributed by atoms with Gasteiger partial charge in [-0.15, -0.1) is 0 Å². The zero-order valence-corrected chi connectivity index (χ0v) is 18.5. The SMILES string of the molecule is C[C@@H](Oc1cc(-c2cnn(CC3NCCC3(F)F)c2)cnc1N)c1c(Cl)ccc(F)c1Cl. The van der Waals surface area contributed by atoms with Crippen molar-refractivity contribution >= 4 is 29.0 Å². The quantitative estimate of drug-likeness (QED) is 0.474. The molecule has 4 rings (SSSR count). The highest BCUT2D eigenvalue weighted by Crippen LogP contribution is 2.37. The fraction of sp³-hybridized carbons (Fsp3) is 0.333. The van der Waals surface area contributed by atoms with Crippen molar-refractivity contribution in [3.05, 3.63) is 58.2 Å². The molecule has 0 spiro atoms. The normalized spacial score (nSPS) is 18.6. The number of nitrogens with two attached hydrogens (primary N) is 1. The molecule has 2 atom stereocenters. The van der Waals surface area contributed by atoms with E-state index in [1.807, 2.05) is 0 Å². The summed E-state index contributed by atoms with van der Waals surface area (Å²) in [4.78, 5) is 4.14. The Morgan fingerprint density at radius 3 is 2.81 bits per heavy atom. The molecule has 0 saturated carbocycles. The van der Waals surface area contributed by atoms with Crippen molar-refractivity contribution < 1.29 is 17.9 Å². The van der Waals surface area contributed by atoms with Gasteiger partial charge in [-0.2, -0.15) is 5.10 Å². The molecule has 3 heterocycles. The van der Waals surface area contributed by atoms with E-state index in [0.29, 0.717) is 11.1 Å². The summed E-state index contributed by atoms with van der Waals surface area (Å²) in [6, 6.07) is 3.24. The van der Waals surface area contributed by atoms with Gasteiger partial charge in [-0.1, -0.05) is 23.2 Å². The summed E-state index contributed by atoms with van der Waals surface area (Å²) in [5.74, 6) is -3.03. The largest absolute Gasteiger partial charge is 0.482 e. The third kappa shape index (κ3) is 4.51. The second-order valence-electron chi connectivity index (χ2n) is 7.59. The van der Waals surface area contributed by atoms with Crippen molar-refractivity contribution in [2.75, 3.05) is 12.3 Å². The van der Waals surface area contributed by atoms with Crippen LogP contribution >= 0.6 is 23.2 Å². The first-order valence-electron chi connectivity index (χ1n) is 9.85. The van der Waals surface area contributed by atoms with Crippen molar-refractivity contribution in [1.29, 1.82) is 0 Å². The van der Waals surface area contributed by atoms with Crippen LogP contribution in [-0.2, 0) is 6.54 Å². The van der Waals surface area contributed by atoms with Crippen LogP contribution in [0.3, 0.4) is 0 Å². The maximum absolute atomic E-state index is 13.9. The fourth-order valence-electron chi connectivity index (χ4n) is 3.61. The second-order valence-corrected chi connectivity index (χ2v) is 8.38. The Kier molecular flexibility index (Phi) is 6.24. The average Bonchev–Trinajstić information content (AvgIpc) is 3.33. The first kappa shape index (κ1) is 22.7. The number of benzene rings is 1. The lowest BCUT2D eigenvalue weighted by atomic mass is 10.1. The monoisotopic (exact) mass is 485 g/mol. The maximum atomic E-state index is 13.9. The number of ether oxygens (including phenoxy) is 1. The van der Waals surface area contributed by atoms with Crippen LogP contribution in [0.2, 0.25) is 10.0 Å². The van der Waals surface area contributed by atoms with Gasteiger partial charge in [0.1, 0.15) is 11.9 Å². The lowest BCUT2D eigenvalue weighted by Gasteiger charge is -2.19. The standard InChI is InChI=1S/C21H20Cl2F3N5O/c1-11(18-14(22)2-3-15(24)19(18)23)32-16-6-12(7-29-20(16)27)13-8-30-31(9-13)10-17-21(25,26)4-5-28-17/h2-3,6-9,11,17,28H,4-5,10H2,1H3,(H2,27,29)/t11-,17?/m1/s1. The van der Waals surface area contributed by atoms with Gasteiger partial charge < -0.3 is 15.8 Å². The van der Waals surface area contributed by atoms with Crippen molar-refractivity contribution in [3.8, 4) is 16.9 Å². The molecule has 1 aliphatic heterocycles. The highest BCUT2D eigenvalue weighted by molar-refractivity contribution is 6.36. The van der Waals surface area contributed by atoms with Crippen LogP contribution in [0.25, 0.3) is 11.1 Å². The Hall–Kier alpha value is -2.49. The van der Waals surface area contributed by atoms with Gasteiger partial charge in [-0.3, -0.25) is 4.68 Å². The van der Waals surface area contributed by atoms with Crippen LogP contribution in [0.15, 0.2) is 36.8 Å². The van der Waals surface area contributed by atoms with Crippen LogP contribution in [0, 0.1) is 5.82 Å². The summed E-state index contributed by atoms with van der Waals surface area (Å²) < 4.78 is 49.0. The van der Waals surface area contributed by atoms with E-state index in [0.717, 1.165) is 0 Å². The lowest BCUT2D eigenvalue weighted by Crippen LogP contribution is -2.39. The predicted octanol–water partition coefficient (Wildman–Crippen LogP) is 5.11. The summed E-state index contributed by atoms with van der Waals surface area (Å²) >= 11 is 12.2. The van der Waals surface area contributed by atoms with Gasteiger partial charge >= 0.3 is 0 Å². The van der Waals surface area contributed by atoms with Crippen molar-refractivity contribution in [3.63, 3.8) is 0 Å². The predicted molar refractivity (Wildman–Crippen MR) is 117 cm³/mol. The fourth-order valence-corrected chi connectivity index (χ4v) is 4.28. The molecule has 11 heteroatoms. The number of halogens is 5. The molecule has 6 nitrogen and oxygen atoms in total. The molecule has 2 aromatic heterocycles. The molecule has 0 aliphatic carbocycles. The van der Waals surface area contributed by atoms with E-state index in [1.54, 1.807) is 25.4 Å². The lowest BCUT2D eigenvalue weighted by molar-refractivity contribution is -0.0164. The molecule has 1 aromatic carbocycles. The van der Waals surface area contributed by atoms with Gasteiger partial charge in [0.05, 0.1) is 23.8 Å². The van der Waals surface area contributed by atoms with Crippen molar-refractivity contribution in [1.82, 2.24) is 20.1 Å². The third-order valence-electron chi connectivity index (χ3n) is 5.37. The summed E-state index contributed by atoms with van der Waals surface area (Å²) in [7, 11) is 0. The average molecular weight is 486 g/mol. The van der Waals surface area contributed by atoms with E-state index in [4.69, 9.17) is 33.7 Å². The Morgan fingerprint density at radius 1 is 1.31 bits per heavy atom. The molecule has 0 radical (unpaired) electrons. The molecule has 32 heavy (non-hydrogen) atoms. The molecule has 0 bridgehead atoms. The van der Waals surface area contributed by atoms with Crippen LogP contribution in [0.5, 0.6) is 5.75 Å². The first-order valence-corrected chi connectivity index (χ1v) is 10.6. The Bertz CT molecular complexity index is 1140. The first-order chi connectivity index (χ1) is 15.2. The summed E-state index contributed by atoms with van der Waals surface area (Å²) in [6.07, 6.45) is 3.82. The number of aromatic nitrogens is 3. The molecular formula is C21H20Cl2F3N5O. The van der Waals surface area contributed by atoms with E-state index in [2.05, 4.69) is 15.4 Å². The van der Waals surface area contributed by atoms with Crippen LogP contribution < -0.4 is 15.8 Å². The van der Waals surface area contributed by atoms with E-state index < -0.39 is 23.9 Å². The van der Waals surface area contributed by atoms with Crippen LogP contribution in [0.1, 0.15) is 25.0 Å². The van der Waals surface area contributed by atoms with Gasteiger partial charge in [0.15, 0.2) is 11.6 Å². The van der Waals surface area contributed by atoms with E-state index >= 15 is 0 Å². The van der Waals surface area contributed by atoms with E-state index in [1.165, 1.54) is 23.0 Å². The molecule has 3 N–H and O–H groups in total. The van der Waals surface area contributed by atoms with Gasteiger partial charge in [-0.05, 0) is 25.1 Å². The molecule has 1 unspecified atom stereocenters. The summed E-state index contributed by atoms with van der Waals surface area (Å²) in [5.41, 5.74) is 7.51. The smallest absolute Gasteiger partial charge is 0.266 e. The highest BCUT2D eigenvalue weighted by Gasteiger charge is 2.43. The van der Waals surface area contributed by atoms with Gasteiger partial charge in [-0.25, -0.2) is 18.2 Å². The Morgan fingerprint density at radius 2 is 2.09 bits per heavy atom. The molecule has 170 valence electrons. The zero-order valence-electron chi connectivity index (χ0n) is 17.0. The summed E-state index contributed by atoms with van der Waals surface area (Å²) in [6.45, 7) is 1.96. The minimum Gasteiger partial charge on any atom is -0.482 e. The molecular weight excluding hydrogens is 466 g/mol. The van der Waals surface area contributed by atoms with Gasteiger partial charge in [0.2, 0.25) is 0 Å².